The summed E-state index contributed by atoms with van der Waals surface area (Å²) in [5, 5.41) is 2.95. The fourth-order valence-corrected chi connectivity index (χ4v) is 2.53. The number of carbonyl (C=O) groups excluding carboxylic acids is 1. The first kappa shape index (κ1) is 15.6. The van der Waals surface area contributed by atoms with Crippen molar-refractivity contribution >= 4 is 11.6 Å². The lowest BCUT2D eigenvalue weighted by atomic mass is 10.2. The van der Waals surface area contributed by atoms with Crippen LogP contribution in [0.3, 0.4) is 0 Å². The molecule has 2 rings (SSSR count). The molecular formula is C17H24N2O2. The number of ether oxygens (including phenoxy) is 1. The van der Waals surface area contributed by atoms with Gasteiger partial charge < -0.3 is 10.1 Å². The molecule has 0 saturated carbocycles. The number of likely N-dealkylation sites (tertiary alicyclic amines) is 1. The van der Waals surface area contributed by atoms with Gasteiger partial charge in [-0.25, -0.2) is 0 Å². The molecule has 1 amide bonds. The fourth-order valence-electron chi connectivity index (χ4n) is 2.53. The monoisotopic (exact) mass is 288 g/mol. The van der Waals surface area contributed by atoms with E-state index in [1.165, 1.54) is 25.7 Å². The Kier molecular flexibility index (Phi) is 6.28. The Bertz CT molecular complexity index is 466. The van der Waals surface area contributed by atoms with E-state index in [9.17, 15) is 4.79 Å². The van der Waals surface area contributed by atoms with E-state index < -0.39 is 0 Å². The maximum Gasteiger partial charge on any atom is 0.238 e. The first-order valence-corrected chi connectivity index (χ1v) is 7.64. The maximum atomic E-state index is 12.2. The van der Waals surface area contributed by atoms with E-state index in [1.54, 1.807) is 6.08 Å². The second kappa shape index (κ2) is 8.47. The first-order chi connectivity index (χ1) is 10.3. The molecule has 0 bridgehead atoms. The molecule has 114 valence electrons. The summed E-state index contributed by atoms with van der Waals surface area (Å²) in [5.74, 6) is 0.702. The van der Waals surface area contributed by atoms with Crippen molar-refractivity contribution in [3.8, 4) is 5.75 Å². The van der Waals surface area contributed by atoms with Crippen LogP contribution in [0.2, 0.25) is 0 Å². The minimum Gasteiger partial charge on any atom is -0.487 e. The molecule has 0 unspecified atom stereocenters. The van der Waals surface area contributed by atoms with E-state index in [2.05, 4.69) is 16.8 Å². The molecule has 1 heterocycles. The van der Waals surface area contributed by atoms with Crippen LogP contribution in [-0.2, 0) is 4.79 Å². The van der Waals surface area contributed by atoms with Gasteiger partial charge in [-0.1, -0.05) is 37.6 Å². The SMILES string of the molecule is C=CCOc1ccccc1NC(=O)CN1CCCCCC1. The quantitative estimate of drug-likeness (QED) is 0.818. The molecule has 0 aromatic heterocycles. The summed E-state index contributed by atoms with van der Waals surface area (Å²) in [6, 6.07) is 7.50. The van der Waals surface area contributed by atoms with Gasteiger partial charge >= 0.3 is 0 Å². The van der Waals surface area contributed by atoms with Crippen LogP contribution in [0.4, 0.5) is 5.69 Å². The third-order valence-corrected chi connectivity index (χ3v) is 3.58. The Balaban J connectivity index is 1.90. The summed E-state index contributed by atoms with van der Waals surface area (Å²) < 4.78 is 5.55. The van der Waals surface area contributed by atoms with Gasteiger partial charge in [0.1, 0.15) is 12.4 Å². The summed E-state index contributed by atoms with van der Waals surface area (Å²) >= 11 is 0. The molecule has 4 nitrogen and oxygen atoms in total. The standard InChI is InChI=1S/C17H24N2O2/c1-2-13-21-16-10-6-5-9-15(16)18-17(20)14-19-11-7-3-4-8-12-19/h2,5-6,9-10H,1,3-4,7-8,11-14H2,(H,18,20). The molecule has 1 saturated heterocycles. The summed E-state index contributed by atoms with van der Waals surface area (Å²) in [6.45, 7) is 6.55. The second-order valence-corrected chi connectivity index (χ2v) is 5.33. The van der Waals surface area contributed by atoms with Gasteiger partial charge in [-0.05, 0) is 38.1 Å². The Hall–Kier alpha value is -1.81. The minimum atomic E-state index is 0.0200. The van der Waals surface area contributed by atoms with Crippen LogP contribution in [0.25, 0.3) is 0 Å². The number of amides is 1. The summed E-state index contributed by atoms with van der Waals surface area (Å²) in [5.41, 5.74) is 0.721. The van der Waals surface area contributed by atoms with Crippen LogP contribution in [0.1, 0.15) is 25.7 Å². The lowest BCUT2D eigenvalue weighted by Gasteiger charge is -2.19. The third-order valence-electron chi connectivity index (χ3n) is 3.58. The van der Waals surface area contributed by atoms with Crippen molar-refractivity contribution in [2.75, 3.05) is 31.6 Å². The van der Waals surface area contributed by atoms with E-state index in [-0.39, 0.29) is 5.91 Å². The molecule has 1 fully saturated rings. The van der Waals surface area contributed by atoms with E-state index in [0.29, 0.717) is 18.9 Å². The highest BCUT2D eigenvalue weighted by Crippen LogP contribution is 2.23. The average molecular weight is 288 g/mol. The second-order valence-electron chi connectivity index (χ2n) is 5.33. The van der Waals surface area contributed by atoms with Crippen LogP contribution in [0, 0.1) is 0 Å². The summed E-state index contributed by atoms with van der Waals surface area (Å²) in [6.07, 6.45) is 6.61. The topological polar surface area (TPSA) is 41.6 Å². The van der Waals surface area contributed by atoms with Crippen molar-refractivity contribution < 1.29 is 9.53 Å². The van der Waals surface area contributed by atoms with Gasteiger partial charge in [0, 0.05) is 0 Å². The molecular weight excluding hydrogens is 264 g/mol. The van der Waals surface area contributed by atoms with Gasteiger partial charge in [0.25, 0.3) is 0 Å². The van der Waals surface area contributed by atoms with Crippen molar-refractivity contribution in [1.82, 2.24) is 4.90 Å². The molecule has 0 spiro atoms. The number of hydrogen-bond acceptors (Lipinski definition) is 3. The molecule has 0 atom stereocenters. The Morgan fingerprint density at radius 2 is 1.95 bits per heavy atom. The number of carbonyl (C=O) groups is 1. The molecule has 0 radical (unpaired) electrons. The van der Waals surface area contributed by atoms with Gasteiger partial charge in [-0.2, -0.15) is 0 Å². The van der Waals surface area contributed by atoms with E-state index >= 15 is 0 Å². The smallest absolute Gasteiger partial charge is 0.238 e. The number of nitrogens with one attached hydrogen (secondary N) is 1. The van der Waals surface area contributed by atoms with E-state index in [1.807, 2.05) is 24.3 Å². The van der Waals surface area contributed by atoms with Crippen LogP contribution < -0.4 is 10.1 Å². The zero-order chi connectivity index (χ0) is 14.9. The van der Waals surface area contributed by atoms with Crippen LogP contribution in [0.5, 0.6) is 5.75 Å². The van der Waals surface area contributed by atoms with Gasteiger partial charge in [0.2, 0.25) is 5.91 Å². The Morgan fingerprint density at radius 1 is 1.24 bits per heavy atom. The highest BCUT2D eigenvalue weighted by atomic mass is 16.5. The van der Waals surface area contributed by atoms with Crippen LogP contribution in [0.15, 0.2) is 36.9 Å². The van der Waals surface area contributed by atoms with Gasteiger partial charge in [0.15, 0.2) is 0 Å². The number of hydrogen-bond donors (Lipinski definition) is 1. The van der Waals surface area contributed by atoms with Crippen molar-refractivity contribution in [2.45, 2.75) is 25.7 Å². The molecule has 1 N–H and O–H groups in total. The van der Waals surface area contributed by atoms with Crippen molar-refractivity contribution in [3.05, 3.63) is 36.9 Å². The van der Waals surface area contributed by atoms with Crippen molar-refractivity contribution in [1.29, 1.82) is 0 Å². The van der Waals surface area contributed by atoms with Crippen molar-refractivity contribution in [3.63, 3.8) is 0 Å². The lowest BCUT2D eigenvalue weighted by Crippen LogP contribution is -2.34. The summed E-state index contributed by atoms with van der Waals surface area (Å²) in [4.78, 5) is 14.4. The maximum absolute atomic E-state index is 12.2. The van der Waals surface area contributed by atoms with Gasteiger partial charge in [0.05, 0.1) is 12.2 Å². The fraction of sp³-hybridized carbons (Fsp3) is 0.471. The number of benzene rings is 1. The lowest BCUT2D eigenvalue weighted by molar-refractivity contribution is -0.117. The Morgan fingerprint density at radius 3 is 2.67 bits per heavy atom. The van der Waals surface area contributed by atoms with Crippen LogP contribution >= 0.6 is 0 Å². The molecule has 1 aliphatic rings. The highest BCUT2D eigenvalue weighted by molar-refractivity contribution is 5.93. The molecule has 1 aliphatic heterocycles. The van der Waals surface area contributed by atoms with Gasteiger partial charge in [-0.15, -0.1) is 0 Å². The Labute approximate surface area is 126 Å². The number of anilines is 1. The average Bonchev–Trinajstić information content (AvgIpc) is 2.75. The molecule has 1 aromatic rings. The van der Waals surface area contributed by atoms with E-state index in [4.69, 9.17) is 4.74 Å². The van der Waals surface area contributed by atoms with Crippen LogP contribution in [-0.4, -0.2) is 37.0 Å². The van der Waals surface area contributed by atoms with Crippen molar-refractivity contribution in [2.24, 2.45) is 0 Å². The first-order valence-electron chi connectivity index (χ1n) is 7.64. The zero-order valence-electron chi connectivity index (χ0n) is 12.5. The predicted molar refractivity (Wildman–Crippen MR) is 85.7 cm³/mol. The number of nitrogens with zero attached hydrogens (tertiary/aromatic N) is 1. The van der Waals surface area contributed by atoms with E-state index in [0.717, 1.165) is 18.8 Å². The molecule has 4 heteroatoms. The zero-order valence-corrected chi connectivity index (χ0v) is 12.5. The highest BCUT2D eigenvalue weighted by Gasteiger charge is 2.14. The molecule has 21 heavy (non-hydrogen) atoms. The van der Waals surface area contributed by atoms with Gasteiger partial charge in [-0.3, -0.25) is 9.69 Å². The largest absolute Gasteiger partial charge is 0.487 e. The minimum absolute atomic E-state index is 0.0200. The predicted octanol–water partition coefficient (Wildman–Crippen LogP) is 3.07. The summed E-state index contributed by atoms with van der Waals surface area (Å²) in [7, 11) is 0. The number of rotatable bonds is 6. The number of para-hydroxylation sites is 2. The molecule has 0 aliphatic carbocycles. The third kappa shape index (κ3) is 5.23. The molecule has 1 aromatic carbocycles. The normalized spacial score (nSPS) is 16.0.